The fourth-order valence-electron chi connectivity index (χ4n) is 0.689. The average Bonchev–Trinajstić information content (AvgIpc) is 2.07. The molecule has 0 unspecified atom stereocenters. The van der Waals surface area contributed by atoms with Crippen LogP contribution in [0.25, 0.3) is 0 Å². The lowest BCUT2D eigenvalue weighted by Gasteiger charge is -1.98. The molecule has 0 N–H and O–H groups in total. The predicted octanol–water partition coefficient (Wildman–Crippen LogP) is 1.89. The number of hydrogen-bond donors (Lipinski definition) is 0. The van der Waals surface area contributed by atoms with E-state index in [1.165, 1.54) is 0 Å². The largest absolute Gasteiger partial charge is 0.461 e. The number of esters is 1. The van der Waals surface area contributed by atoms with Gasteiger partial charge in [0.1, 0.15) is 5.69 Å². The molecule has 1 aromatic heterocycles. The number of carbonyl (C=O) groups is 1. The van der Waals surface area contributed by atoms with Crippen LogP contribution < -0.4 is 0 Å². The molecule has 0 amide bonds. The normalized spacial score (nSPS) is 8.42. The van der Waals surface area contributed by atoms with Crippen molar-refractivity contribution in [1.29, 1.82) is 0 Å². The molecule has 0 radical (unpaired) electrons. The number of hydrogen-bond acceptors (Lipinski definition) is 3. The van der Waals surface area contributed by atoms with E-state index < -0.39 is 0 Å². The highest BCUT2D eigenvalue weighted by Crippen LogP contribution is 1.95. The molecule has 0 saturated heterocycles. The van der Waals surface area contributed by atoms with E-state index in [0.717, 1.165) is 0 Å². The summed E-state index contributed by atoms with van der Waals surface area (Å²) < 4.78 is 4.73. The minimum atomic E-state index is -0.367. The molecule has 0 aliphatic rings. The molecule has 0 aliphatic heterocycles. The molecule has 0 bridgehead atoms. The van der Waals surface area contributed by atoms with E-state index in [2.05, 4.69) is 4.98 Å². The average molecular weight is 167 g/mol. The highest BCUT2D eigenvalue weighted by atomic mass is 16.5. The van der Waals surface area contributed by atoms with Crippen molar-refractivity contribution in [3.8, 4) is 0 Å². The fourth-order valence-corrected chi connectivity index (χ4v) is 0.689. The van der Waals surface area contributed by atoms with Gasteiger partial charge < -0.3 is 4.74 Å². The maximum absolute atomic E-state index is 11.0. The third-order valence-electron chi connectivity index (χ3n) is 1.15. The van der Waals surface area contributed by atoms with Crippen LogP contribution in [0.5, 0.6) is 0 Å². The van der Waals surface area contributed by atoms with Gasteiger partial charge in [-0.3, -0.25) is 0 Å². The maximum atomic E-state index is 11.0. The molecule has 0 atom stereocenters. The number of nitrogens with zero attached hydrogens (tertiary/aromatic N) is 1. The van der Waals surface area contributed by atoms with E-state index in [0.29, 0.717) is 12.3 Å². The van der Waals surface area contributed by atoms with Gasteiger partial charge in [-0.05, 0) is 19.1 Å². The Kier molecular flexibility index (Phi) is 4.69. The molecule has 1 aromatic rings. The van der Waals surface area contributed by atoms with Crippen molar-refractivity contribution in [2.45, 2.75) is 14.4 Å². The summed E-state index contributed by atoms with van der Waals surface area (Å²) in [7, 11) is 0. The van der Waals surface area contributed by atoms with Crippen LogP contribution in [0, 0.1) is 0 Å². The van der Waals surface area contributed by atoms with E-state index in [9.17, 15) is 4.79 Å². The van der Waals surface area contributed by atoms with Gasteiger partial charge in [0.2, 0.25) is 0 Å². The van der Waals surface area contributed by atoms with Crippen molar-refractivity contribution in [3.63, 3.8) is 0 Å². The summed E-state index contributed by atoms with van der Waals surface area (Å²) in [6, 6.07) is 5.12. The van der Waals surface area contributed by atoms with Crippen LogP contribution in [0.15, 0.2) is 24.4 Å². The molecule has 66 valence electrons. The Bertz CT molecular complexity index is 234. The van der Waals surface area contributed by atoms with Crippen molar-refractivity contribution < 1.29 is 9.53 Å². The Morgan fingerprint density at radius 1 is 1.58 bits per heavy atom. The first-order chi connectivity index (χ1) is 5.34. The van der Waals surface area contributed by atoms with Crippen LogP contribution in [0.3, 0.4) is 0 Å². The summed E-state index contributed by atoms with van der Waals surface area (Å²) in [5.74, 6) is -0.367. The number of aromatic nitrogens is 1. The second-order valence-corrected chi connectivity index (χ2v) is 1.94. The summed E-state index contributed by atoms with van der Waals surface area (Å²) in [5, 5.41) is 0. The first-order valence-electron chi connectivity index (χ1n) is 3.42. The zero-order valence-electron chi connectivity index (χ0n) is 6.28. The van der Waals surface area contributed by atoms with Crippen molar-refractivity contribution in [1.82, 2.24) is 4.98 Å². The third kappa shape index (κ3) is 2.70. The monoisotopic (exact) mass is 167 g/mol. The van der Waals surface area contributed by atoms with Gasteiger partial charge in [0, 0.05) is 6.20 Å². The number of carbonyl (C=O) groups excluding carboxylic acids is 1. The Morgan fingerprint density at radius 3 is 2.83 bits per heavy atom. The van der Waals surface area contributed by atoms with Crippen molar-refractivity contribution >= 4 is 5.97 Å². The number of rotatable bonds is 2. The lowest BCUT2D eigenvalue weighted by atomic mass is 10.4. The summed E-state index contributed by atoms with van der Waals surface area (Å²) in [6.45, 7) is 2.15. The van der Waals surface area contributed by atoms with Crippen molar-refractivity contribution in [2.75, 3.05) is 6.61 Å². The first kappa shape index (κ1) is 10.6. The lowest BCUT2D eigenvalue weighted by molar-refractivity contribution is 0.0519. The Balaban J connectivity index is 0.00000121. The summed E-state index contributed by atoms with van der Waals surface area (Å²) in [6.07, 6.45) is 1.56. The van der Waals surface area contributed by atoms with Gasteiger partial charge in [0.25, 0.3) is 0 Å². The van der Waals surface area contributed by atoms with Gasteiger partial charge in [0.05, 0.1) is 6.61 Å². The minimum absolute atomic E-state index is 0. The fraction of sp³-hybridized carbons (Fsp3) is 0.333. The van der Waals surface area contributed by atoms with Crippen LogP contribution in [0.1, 0.15) is 24.8 Å². The smallest absolute Gasteiger partial charge is 0.356 e. The Labute approximate surface area is 72.4 Å². The lowest BCUT2D eigenvalue weighted by Crippen LogP contribution is -2.05. The van der Waals surface area contributed by atoms with E-state index in [1.807, 2.05) is 0 Å². The van der Waals surface area contributed by atoms with Crippen LogP contribution in [0.2, 0.25) is 0 Å². The molecule has 0 fully saturated rings. The molecule has 1 heterocycles. The van der Waals surface area contributed by atoms with Crippen LogP contribution in [-0.4, -0.2) is 17.6 Å². The Hall–Kier alpha value is -1.38. The molecule has 3 nitrogen and oxygen atoms in total. The zero-order valence-corrected chi connectivity index (χ0v) is 6.28. The first-order valence-corrected chi connectivity index (χ1v) is 3.42. The minimum Gasteiger partial charge on any atom is -0.461 e. The van der Waals surface area contributed by atoms with E-state index in [4.69, 9.17) is 4.74 Å². The topological polar surface area (TPSA) is 39.2 Å². The standard InChI is InChI=1S/C8H9NO2.CH4/c1-2-11-8(10)7-5-3-4-6-9-7;/h3-6H,2H2,1H3;1H4. The van der Waals surface area contributed by atoms with Crippen LogP contribution in [-0.2, 0) is 4.74 Å². The second-order valence-electron chi connectivity index (χ2n) is 1.94. The van der Waals surface area contributed by atoms with E-state index >= 15 is 0 Å². The van der Waals surface area contributed by atoms with E-state index in [-0.39, 0.29) is 13.4 Å². The maximum Gasteiger partial charge on any atom is 0.356 e. The Morgan fingerprint density at radius 2 is 2.33 bits per heavy atom. The number of ether oxygens (including phenoxy) is 1. The molecular weight excluding hydrogens is 154 g/mol. The van der Waals surface area contributed by atoms with Crippen LogP contribution in [0.4, 0.5) is 0 Å². The third-order valence-corrected chi connectivity index (χ3v) is 1.15. The van der Waals surface area contributed by atoms with Crippen LogP contribution >= 0.6 is 0 Å². The SMILES string of the molecule is C.CCOC(=O)c1ccccn1. The summed E-state index contributed by atoms with van der Waals surface area (Å²) in [4.78, 5) is 14.8. The molecule has 0 spiro atoms. The highest BCUT2D eigenvalue weighted by Gasteiger charge is 2.04. The molecule has 0 saturated carbocycles. The molecular formula is C9H13NO2. The molecule has 1 rings (SSSR count). The summed E-state index contributed by atoms with van der Waals surface area (Å²) >= 11 is 0. The van der Waals surface area contributed by atoms with Gasteiger partial charge in [-0.1, -0.05) is 13.5 Å². The van der Waals surface area contributed by atoms with Gasteiger partial charge in [-0.2, -0.15) is 0 Å². The van der Waals surface area contributed by atoms with Gasteiger partial charge in [0.15, 0.2) is 0 Å². The highest BCUT2D eigenvalue weighted by molar-refractivity contribution is 5.86. The van der Waals surface area contributed by atoms with Crippen molar-refractivity contribution in [2.24, 2.45) is 0 Å². The molecule has 0 aliphatic carbocycles. The predicted molar refractivity (Wildman–Crippen MR) is 46.9 cm³/mol. The number of pyridine rings is 1. The van der Waals surface area contributed by atoms with E-state index in [1.54, 1.807) is 31.3 Å². The van der Waals surface area contributed by atoms with Gasteiger partial charge >= 0.3 is 5.97 Å². The van der Waals surface area contributed by atoms with Crippen molar-refractivity contribution in [3.05, 3.63) is 30.1 Å². The quantitative estimate of drug-likeness (QED) is 0.631. The molecule has 3 heteroatoms. The van der Waals surface area contributed by atoms with Gasteiger partial charge in [-0.15, -0.1) is 0 Å². The molecule has 0 aromatic carbocycles. The molecule has 12 heavy (non-hydrogen) atoms. The summed E-state index contributed by atoms with van der Waals surface area (Å²) in [5.41, 5.74) is 0.356. The zero-order chi connectivity index (χ0) is 8.10. The van der Waals surface area contributed by atoms with Gasteiger partial charge in [-0.25, -0.2) is 9.78 Å². The second kappa shape index (κ2) is 5.29.